The van der Waals surface area contributed by atoms with E-state index in [9.17, 15) is 35.5 Å². The summed E-state index contributed by atoms with van der Waals surface area (Å²) in [4.78, 5) is 11.4. The van der Waals surface area contributed by atoms with E-state index < -0.39 is 36.3 Å². The fraction of sp³-hybridized carbons (Fsp3) is 0.933. The quantitative estimate of drug-likeness (QED) is 0.376. The second-order valence-electron chi connectivity index (χ2n) is 5.83. The normalized spacial score (nSPS) is 14.7. The Labute approximate surface area is 136 Å². The molecule has 0 aromatic rings. The van der Waals surface area contributed by atoms with E-state index in [1.165, 1.54) is 0 Å². The van der Waals surface area contributed by atoms with Gasteiger partial charge in [0.25, 0.3) is 0 Å². The molecule has 0 aliphatic carbocycles. The van der Waals surface area contributed by atoms with Gasteiger partial charge >= 0.3 is 18.0 Å². The predicted octanol–water partition coefficient (Wildman–Crippen LogP) is 5.28. The van der Waals surface area contributed by atoms with Crippen LogP contribution in [0.3, 0.4) is 0 Å². The van der Waals surface area contributed by atoms with Gasteiger partial charge in [-0.25, -0.2) is 0 Å². The fourth-order valence-electron chi connectivity index (χ4n) is 2.12. The van der Waals surface area contributed by atoms with Crippen molar-refractivity contribution in [3.05, 3.63) is 0 Å². The van der Waals surface area contributed by atoms with E-state index in [0.29, 0.717) is 12.8 Å². The van der Waals surface area contributed by atoms with Crippen LogP contribution in [-0.2, 0) is 4.79 Å². The van der Waals surface area contributed by atoms with Crippen LogP contribution in [0.1, 0.15) is 64.7 Å². The SMILES string of the molecule is CCCCCCCCCC(=O)C[C@@H](O)C(F)(F)C(F)(F)C(F)(F)F. The number of hydrogen-bond donors (Lipinski definition) is 1. The lowest BCUT2D eigenvalue weighted by atomic mass is 9.98. The minimum absolute atomic E-state index is 0.238. The molecule has 0 fully saturated rings. The summed E-state index contributed by atoms with van der Waals surface area (Å²) < 4.78 is 87.6. The smallest absolute Gasteiger partial charge is 0.386 e. The summed E-state index contributed by atoms with van der Waals surface area (Å²) in [6.07, 6.45) is -5.70. The van der Waals surface area contributed by atoms with Crippen LogP contribution in [0.2, 0.25) is 0 Å². The van der Waals surface area contributed by atoms with E-state index in [2.05, 4.69) is 0 Å². The van der Waals surface area contributed by atoms with E-state index in [-0.39, 0.29) is 6.42 Å². The molecule has 1 atom stereocenters. The summed E-state index contributed by atoms with van der Waals surface area (Å²) in [5.41, 5.74) is 0. The summed E-state index contributed by atoms with van der Waals surface area (Å²) in [5.74, 6) is -13.1. The van der Waals surface area contributed by atoms with Gasteiger partial charge in [-0.3, -0.25) is 4.79 Å². The number of halogens is 7. The molecule has 0 unspecified atom stereocenters. The average Bonchev–Trinajstić information content (AvgIpc) is 2.44. The Kier molecular flexibility index (Phi) is 9.24. The Hall–Kier alpha value is -0.860. The van der Waals surface area contributed by atoms with Crippen molar-refractivity contribution >= 4 is 5.78 Å². The van der Waals surface area contributed by atoms with Gasteiger partial charge in [0.1, 0.15) is 11.9 Å². The van der Waals surface area contributed by atoms with Crippen LogP contribution < -0.4 is 0 Å². The maximum atomic E-state index is 13.1. The highest BCUT2D eigenvalue weighted by Gasteiger charge is 2.75. The van der Waals surface area contributed by atoms with Gasteiger partial charge in [0, 0.05) is 12.8 Å². The molecule has 0 aliphatic heterocycles. The Bertz CT molecular complexity index is 381. The third kappa shape index (κ3) is 6.57. The minimum atomic E-state index is -6.51. The van der Waals surface area contributed by atoms with E-state index in [1.54, 1.807) is 0 Å². The number of unbranched alkanes of at least 4 members (excludes halogenated alkanes) is 6. The molecule has 0 rings (SSSR count). The van der Waals surface area contributed by atoms with Crippen LogP contribution >= 0.6 is 0 Å². The van der Waals surface area contributed by atoms with Gasteiger partial charge in [0.2, 0.25) is 0 Å². The van der Waals surface area contributed by atoms with Gasteiger partial charge < -0.3 is 5.11 Å². The number of aliphatic hydroxyl groups is 1. The number of alkyl halides is 7. The van der Waals surface area contributed by atoms with Crippen molar-refractivity contribution in [1.82, 2.24) is 0 Å². The summed E-state index contributed by atoms with van der Waals surface area (Å²) in [6.45, 7) is 2.04. The summed E-state index contributed by atoms with van der Waals surface area (Å²) in [7, 11) is 0. The first kappa shape index (κ1) is 23.1. The summed E-state index contributed by atoms with van der Waals surface area (Å²) >= 11 is 0. The molecule has 0 radical (unpaired) electrons. The highest BCUT2D eigenvalue weighted by Crippen LogP contribution is 2.48. The summed E-state index contributed by atoms with van der Waals surface area (Å²) in [5, 5.41) is 9.00. The number of carbonyl (C=O) groups is 1. The van der Waals surface area contributed by atoms with Gasteiger partial charge in [-0.15, -0.1) is 0 Å². The predicted molar refractivity (Wildman–Crippen MR) is 74.2 cm³/mol. The van der Waals surface area contributed by atoms with Crippen molar-refractivity contribution < 1.29 is 40.6 Å². The second kappa shape index (κ2) is 9.58. The van der Waals surface area contributed by atoms with Gasteiger partial charge in [-0.2, -0.15) is 30.7 Å². The highest BCUT2D eigenvalue weighted by atomic mass is 19.4. The number of Topliss-reactive ketones (excluding diaryl/α,β-unsaturated/α-hetero) is 1. The number of rotatable bonds is 12. The maximum Gasteiger partial charge on any atom is 0.459 e. The zero-order valence-corrected chi connectivity index (χ0v) is 13.4. The second-order valence-corrected chi connectivity index (χ2v) is 5.83. The molecular weight excluding hydrogens is 345 g/mol. The molecule has 0 heterocycles. The molecule has 0 saturated heterocycles. The molecule has 0 spiro atoms. The number of hydrogen-bond acceptors (Lipinski definition) is 2. The van der Waals surface area contributed by atoms with Crippen LogP contribution in [0.25, 0.3) is 0 Å². The minimum Gasteiger partial charge on any atom is -0.386 e. The van der Waals surface area contributed by atoms with Gasteiger partial charge in [0.05, 0.1) is 0 Å². The lowest BCUT2D eigenvalue weighted by Gasteiger charge is -2.31. The van der Waals surface area contributed by atoms with Crippen molar-refractivity contribution in [1.29, 1.82) is 0 Å². The fourth-order valence-corrected chi connectivity index (χ4v) is 2.12. The first-order chi connectivity index (χ1) is 10.9. The molecule has 0 aromatic carbocycles. The molecule has 2 nitrogen and oxygen atoms in total. The van der Waals surface area contributed by atoms with E-state index in [0.717, 1.165) is 32.1 Å². The first-order valence-corrected chi connectivity index (χ1v) is 7.90. The Morgan fingerprint density at radius 2 is 1.33 bits per heavy atom. The molecule has 0 aromatic heterocycles. The number of carbonyl (C=O) groups excluding carboxylic acids is 1. The van der Waals surface area contributed by atoms with Crippen molar-refractivity contribution in [2.24, 2.45) is 0 Å². The average molecular weight is 368 g/mol. The molecule has 0 saturated carbocycles. The zero-order chi connectivity index (χ0) is 19.0. The topological polar surface area (TPSA) is 37.3 Å². The third-order valence-corrected chi connectivity index (χ3v) is 3.67. The standard InChI is InChI=1S/C15H23F7O2/c1-2-3-4-5-6-7-8-9-11(23)10-12(24)13(16,17)14(18,19)15(20,21)22/h12,24H,2-10H2,1H3/t12-/m1/s1. The molecule has 0 amide bonds. The van der Waals surface area contributed by atoms with Crippen molar-refractivity contribution in [2.75, 3.05) is 0 Å². The Balaban J connectivity index is 4.30. The molecule has 144 valence electrons. The molecule has 0 aliphatic rings. The van der Waals surface area contributed by atoms with Crippen molar-refractivity contribution in [3.63, 3.8) is 0 Å². The van der Waals surface area contributed by atoms with Crippen LogP contribution in [-0.4, -0.2) is 35.0 Å². The summed E-state index contributed by atoms with van der Waals surface area (Å²) in [6, 6.07) is 0. The van der Waals surface area contributed by atoms with Gasteiger partial charge in [0.15, 0.2) is 0 Å². The molecule has 24 heavy (non-hydrogen) atoms. The van der Waals surface area contributed by atoms with Gasteiger partial charge in [-0.1, -0.05) is 45.4 Å². The van der Waals surface area contributed by atoms with Crippen LogP contribution in [0.4, 0.5) is 30.7 Å². The van der Waals surface area contributed by atoms with Crippen LogP contribution in [0.15, 0.2) is 0 Å². The molecule has 1 N–H and O–H groups in total. The Morgan fingerprint density at radius 1 is 0.875 bits per heavy atom. The van der Waals surface area contributed by atoms with Crippen molar-refractivity contribution in [2.45, 2.75) is 88.8 Å². The third-order valence-electron chi connectivity index (χ3n) is 3.67. The van der Waals surface area contributed by atoms with Gasteiger partial charge in [-0.05, 0) is 6.42 Å². The van der Waals surface area contributed by atoms with Crippen LogP contribution in [0.5, 0.6) is 0 Å². The highest BCUT2D eigenvalue weighted by molar-refractivity contribution is 5.78. The van der Waals surface area contributed by atoms with E-state index in [4.69, 9.17) is 5.11 Å². The zero-order valence-electron chi connectivity index (χ0n) is 13.4. The first-order valence-electron chi connectivity index (χ1n) is 7.90. The largest absolute Gasteiger partial charge is 0.459 e. The van der Waals surface area contributed by atoms with Crippen molar-refractivity contribution in [3.8, 4) is 0 Å². The lowest BCUT2D eigenvalue weighted by Crippen LogP contribution is -2.58. The lowest BCUT2D eigenvalue weighted by molar-refractivity contribution is -0.370. The van der Waals surface area contributed by atoms with E-state index in [1.807, 2.05) is 6.92 Å². The molecule has 9 heteroatoms. The number of ketones is 1. The maximum absolute atomic E-state index is 13.1. The monoisotopic (exact) mass is 368 g/mol. The van der Waals surface area contributed by atoms with E-state index >= 15 is 0 Å². The molecule has 0 bridgehead atoms. The van der Waals surface area contributed by atoms with Crippen LogP contribution in [0, 0.1) is 0 Å². The number of aliphatic hydroxyl groups excluding tert-OH is 1. The Morgan fingerprint density at radius 3 is 1.79 bits per heavy atom. The molecular formula is C15H23F7O2.